The van der Waals surface area contributed by atoms with Crippen molar-refractivity contribution in [3.63, 3.8) is 0 Å². The number of carbonyl (C=O) groups is 1. The van der Waals surface area contributed by atoms with Gasteiger partial charge in [0.1, 0.15) is 11.5 Å². The topological polar surface area (TPSA) is 81.7 Å². The van der Waals surface area contributed by atoms with Gasteiger partial charge in [-0.1, -0.05) is 18.2 Å². The van der Waals surface area contributed by atoms with Crippen molar-refractivity contribution in [2.45, 2.75) is 6.92 Å². The summed E-state index contributed by atoms with van der Waals surface area (Å²) in [6.07, 6.45) is 0. The maximum Gasteiger partial charge on any atom is 0.323 e. The summed E-state index contributed by atoms with van der Waals surface area (Å²) in [6.45, 7) is 1.88. The monoisotopic (exact) mass is 429 g/mol. The Morgan fingerprint density at radius 2 is 1.38 bits per heavy atom. The van der Waals surface area contributed by atoms with Gasteiger partial charge < -0.3 is 24.8 Å². The predicted octanol–water partition coefficient (Wildman–Crippen LogP) is 6.00. The summed E-state index contributed by atoms with van der Waals surface area (Å²) in [5.41, 5.74) is 2.90. The number of ether oxygens (including phenoxy) is 3. The fourth-order valence-electron chi connectivity index (χ4n) is 3.23. The van der Waals surface area contributed by atoms with E-state index in [4.69, 9.17) is 14.2 Å². The number of aromatic nitrogens is 1. The van der Waals surface area contributed by atoms with Gasteiger partial charge in [-0.15, -0.1) is 0 Å². The lowest BCUT2D eigenvalue weighted by Crippen LogP contribution is -2.19. The number of carbonyl (C=O) groups excluding carboxylic acids is 1. The third kappa shape index (κ3) is 4.73. The van der Waals surface area contributed by atoms with Crippen LogP contribution in [-0.4, -0.2) is 25.2 Å². The predicted molar refractivity (Wildman–Crippen MR) is 125 cm³/mol. The number of rotatable bonds is 6. The van der Waals surface area contributed by atoms with E-state index in [0.29, 0.717) is 28.7 Å². The molecule has 0 fully saturated rings. The molecule has 0 bridgehead atoms. The van der Waals surface area contributed by atoms with Gasteiger partial charge >= 0.3 is 6.03 Å². The van der Waals surface area contributed by atoms with Crippen LogP contribution in [0.15, 0.2) is 72.8 Å². The second-order valence-corrected chi connectivity index (χ2v) is 7.04. The highest BCUT2D eigenvalue weighted by Crippen LogP contribution is 2.35. The molecule has 1 heterocycles. The van der Waals surface area contributed by atoms with Crippen LogP contribution in [-0.2, 0) is 0 Å². The van der Waals surface area contributed by atoms with Gasteiger partial charge in [-0.2, -0.15) is 0 Å². The van der Waals surface area contributed by atoms with E-state index in [2.05, 4.69) is 15.6 Å². The van der Waals surface area contributed by atoms with Gasteiger partial charge in [0, 0.05) is 22.8 Å². The molecule has 7 heteroatoms. The average Bonchev–Trinajstić information content (AvgIpc) is 2.80. The Morgan fingerprint density at radius 1 is 0.781 bits per heavy atom. The molecule has 162 valence electrons. The number of para-hydroxylation sites is 1. The number of nitrogens with one attached hydrogen (secondary N) is 2. The number of amides is 2. The van der Waals surface area contributed by atoms with Crippen LogP contribution in [0.1, 0.15) is 5.69 Å². The molecule has 4 aromatic rings. The highest BCUT2D eigenvalue weighted by Gasteiger charge is 2.11. The molecule has 2 N–H and O–H groups in total. The minimum Gasteiger partial charge on any atom is -0.493 e. The number of pyridine rings is 1. The molecule has 0 unspecified atom stereocenters. The van der Waals surface area contributed by atoms with Crippen LogP contribution in [0.3, 0.4) is 0 Å². The zero-order valence-electron chi connectivity index (χ0n) is 18.0. The minimum absolute atomic E-state index is 0.316. The zero-order valence-corrected chi connectivity index (χ0v) is 18.0. The maximum atomic E-state index is 12.1. The van der Waals surface area contributed by atoms with Gasteiger partial charge in [0.2, 0.25) is 0 Å². The van der Waals surface area contributed by atoms with E-state index in [1.807, 2.05) is 55.5 Å². The van der Waals surface area contributed by atoms with E-state index in [9.17, 15) is 4.79 Å². The standard InChI is InChI=1S/C25H23N3O4/c1-16-22(13-17-14-23(30-2)24(31-3)15-21(17)26-16)32-20-11-9-19(10-12-20)28-25(29)27-18-7-5-4-6-8-18/h4-15H,1-3H3,(H2,27,28,29). The maximum absolute atomic E-state index is 12.1. The number of fused-ring (bicyclic) bond motifs is 1. The quantitative estimate of drug-likeness (QED) is 0.393. The van der Waals surface area contributed by atoms with Gasteiger partial charge in [-0.25, -0.2) is 9.78 Å². The lowest BCUT2D eigenvalue weighted by Gasteiger charge is -2.13. The number of anilines is 2. The number of benzene rings is 3. The van der Waals surface area contributed by atoms with Crippen LogP contribution in [0.5, 0.6) is 23.0 Å². The zero-order chi connectivity index (χ0) is 22.5. The Morgan fingerprint density at radius 3 is 2.03 bits per heavy atom. The van der Waals surface area contributed by atoms with Gasteiger partial charge in [0.25, 0.3) is 0 Å². The molecule has 0 aliphatic heterocycles. The Kier molecular flexibility index (Phi) is 6.07. The number of methoxy groups -OCH3 is 2. The fourth-order valence-corrected chi connectivity index (χ4v) is 3.23. The molecule has 3 aromatic carbocycles. The van der Waals surface area contributed by atoms with Crippen LogP contribution in [0.4, 0.5) is 16.2 Å². The molecule has 4 rings (SSSR count). The van der Waals surface area contributed by atoms with Crippen molar-refractivity contribution in [2.24, 2.45) is 0 Å². The van der Waals surface area contributed by atoms with Gasteiger partial charge in [0.15, 0.2) is 11.5 Å². The fraction of sp³-hybridized carbons (Fsp3) is 0.120. The van der Waals surface area contributed by atoms with Crippen LogP contribution < -0.4 is 24.8 Å². The first-order valence-electron chi connectivity index (χ1n) is 10.00. The lowest BCUT2D eigenvalue weighted by atomic mass is 10.1. The molecule has 0 radical (unpaired) electrons. The number of hydrogen-bond acceptors (Lipinski definition) is 5. The van der Waals surface area contributed by atoms with E-state index in [1.54, 1.807) is 38.5 Å². The second-order valence-electron chi connectivity index (χ2n) is 7.04. The molecule has 0 atom stereocenters. The van der Waals surface area contributed by atoms with Gasteiger partial charge in [0.05, 0.1) is 25.4 Å². The minimum atomic E-state index is -0.316. The SMILES string of the molecule is COc1cc2cc(Oc3ccc(NC(=O)Nc4ccccc4)cc3)c(C)nc2cc1OC. The molecule has 0 saturated heterocycles. The average molecular weight is 429 g/mol. The Bertz CT molecular complexity index is 1240. The van der Waals surface area contributed by atoms with E-state index in [0.717, 1.165) is 22.3 Å². The first-order valence-corrected chi connectivity index (χ1v) is 10.00. The molecule has 2 amide bonds. The summed E-state index contributed by atoms with van der Waals surface area (Å²) >= 11 is 0. The van der Waals surface area contributed by atoms with Gasteiger partial charge in [-0.05, 0) is 55.5 Å². The highest BCUT2D eigenvalue weighted by atomic mass is 16.5. The van der Waals surface area contributed by atoms with E-state index < -0.39 is 0 Å². The Balaban J connectivity index is 1.48. The summed E-state index contributed by atoms with van der Waals surface area (Å²) in [5, 5.41) is 6.45. The van der Waals surface area contributed by atoms with Crippen molar-refractivity contribution >= 4 is 28.3 Å². The molecule has 0 aliphatic carbocycles. The lowest BCUT2D eigenvalue weighted by molar-refractivity contribution is 0.262. The number of nitrogens with zero attached hydrogens (tertiary/aromatic N) is 1. The number of urea groups is 1. The second kappa shape index (κ2) is 9.26. The third-order valence-electron chi connectivity index (χ3n) is 4.84. The van der Waals surface area contributed by atoms with Crippen LogP contribution in [0.25, 0.3) is 10.9 Å². The summed E-state index contributed by atoms with van der Waals surface area (Å²) in [7, 11) is 3.19. The summed E-state index contributed by atoms with van der Waals surface area (Å²) in [4.78, 5) is 16.8. The molecule has 0 saturated carbocycles. The highest BCUT2D eigenvalue weighted by molar-refractivity contribution is 5.99. The van der Waals surface area contributed by atoms with Gasteiger partial charge in [-0.3, -0.25) is 0 Å². The van der Waals surface area contributed by atoms with E-state index >= 15 is 0 Å². The smallest absolute Gasteiger partial charge is 0.323 e. The Labute approximate surface area is 186 Å². The number of aryl methyl sites for hydroxylation is 1. The van der Waals surface area contributed by atoms with Crippen molar-refractivity contribution in [1.82, 2.24) is 4.98 Å². The van der Waals surface area contributed by atoms with E-state index in [-0.39, 0.29) is 6.03 Å². The van der Waals surface area contributed by atoms with Crippen molar-refractivity contribution in [2.75, 3.05) is 24.9 Å². The van der Waals surface area contributed by atoms with Crippen LogP contribution in [0.2, 0.25) is 0 Å². The first kappa shape index (κ1) is 21.0. The number of hydrogen-bond donors (Lipinski definition) is 2. The summed E-state index contributed by atoms with van der Waals surface area (Å²) in [5.74, 6) is 2.51. The molecular formula is C25H23N3O4. The van der Waals surface area contributed by atoms with Crippen LogP contribution >= 0.6 is 0 Å². The van der Waals surface area contributed by atoms with E-state index in [1.165, 1.54) is 0 Å². The molecule has 0 aliphatic rings. The largest absolute Gasteiger partial charge is 0.493 e. The van der Waals surface area contributed by atoms with Crippen molar-refractivity contribution in [1.29, 1.82) is 0 Å². The van der Waals surface area contributed by atoms with Crippen molar-refractivity contribution in [3.05, 3.63) is 78.5 Å². The molecule has 32 heavy (non-hydrogen) atoms. The molecule has 0 spiro atoms. The van der Waals surface area contributed by atoms with Crippen LogP contribution in [0, 0.1) is 6.92 Å². The molecule has 1 aromatic heterocycles. The Hall–Kier alpha value is -4.26. The van der Waals surface area contributed by atoms with Crippen molar-refractivity contribution in [3.8, 4) is 23.0 Å². The first-order chi connectivity index (χ1) is 15.6. The third-order valence-corrected chi connectivity index (χ3v) is 4.84. The normalized spacial score (nSPS) is 10.5. The molecule has 7 nitrogen and oxygen atoms in total. The summed E-state index contributed by atoms with van der Waals surface area (Å²) < 4.78 is 16.8. The van der Waals surface area contributed by atoms with Crippen molar-refractivity contribution < 1.29 is 19.0 Å². The molecular weight excluding hydrogens is 406 g/mol. The summed E-state index contributed by atoms with van der Waals surface area (Å²) in [6, 6.07) is 21.7.